The van der Waals surface area contributed by atoms with E-state index in [9.17, 15) is 0 Å². The van der Waals surface area contributed by atoms with Crippen LogP contribution >= 0.6 is 24.0 Å². The van der Waals surface area contributed by atoms with Gasteiger partial charge < -0.3 is 15.1 Å². The van der Waals surface area contributed by atoms with E-state index in [2.05, 4.69) is 20.1 Å². The fourth-order valence-electron chi connectivity index (χ4n) is 3.54. The molecule has 116 valence electrons. The van der Waals surface area contributed by atoms with E-state index in [4.69, 9.17) is 0 Å². The van der Waals surface area contributed by atoms with Crippen LogP contribution in [0.2, 0.25) is 0 Å². The van der Waals surface area contributed by atoms with E-state index in [1.807, 2.05) is 7.05 Å². The molecule has 0 aromatic heterocycles. The Morgan fingerprint density at radius 2 is 1.85 bits per heavy atom. The molecule has 20 heavy (non-hydrogen) atoms. The predicted molar refractivity (Wildman–Crippen MR) is 94.9 cm³/mol. The average molecular weight is 392 g/mol. The fourth-order valence-corrected chi connectivity index (χ4v) is 3.54. The Bertz CT molecular complexity index is 324. The Hall–Kier alpha value is -0.0400. The molecule has 0 spiro atoms. The third-order valence-electron chi connectivity index (χ3n) is 4.95. The highest BCUT2D eigenvalue weighted by Crippen LogP contribution is 2.22. The Balaban J connectivity index is 0.00000147. The molecule has 0 radical (unpaired) electrons. The van der Waals surface area contributed by atoms with Gasteiger partial charge in [0, 0.05) is 32.7 Å². The van der Waals surface area contributed by atoms with Gasteiger partial charge in [0.05, 0.1) is 0 Å². The summed E-state index contributed by atoms with van der Waals surface area (Å²) in [5.74, 6) is 1.99. The first-order valence-electron chi connectivity index (χ1n) is 8.06. The van der Waals surface area contributed by atoms with Crippen molar-refractivity contribution in [1.29, 1.82) is 0 Å². The van der Waals surface area contributed by atoms with Crippen molar-refractivity contribution in [1.82, 2.24) is 15.1 Å². The van der Waals surface area contributed by atoms with E-state index in [0.717, 1.165) is 11.9 Å². The number of aliphatic imine (C=N–C) groups is 1. The first-order chi connectivity index (χ1) is 9.35. The number of hydrogen-bond acceptors (Lipinski definition) is 2. The summed E-state index contributed by atoms with van der Waals surface area (Å²) in [6, 6.07) is 0.691. The van der Waals surface area contributed by atoms with Crippen LogP contribution in [0.25, 0.3) is 0 Å². The molecular weight excluding hydrogens is 363 g/mol. The largest absolute Gasteiger partial charge is 0.354 e. The Kier molecular flexibility index (Phi) is 6.39. The van der Waals surface area contributed by atoms with Crippen LogP contribution in [0.3, 0.4) is 0 Å². The summed E-state index contributed by atoms with van der Waals surface area (Å²) in [5.41, 5.74) is 0. The van der Waals surface area contributed by atoms with Crippen molar-refractivity contribution >= 4 is 29.9 Å². The maximum Gasteiger partial charge on any atom is 0.193 e. The third-order valence-corrected chi connectivity index (χ3v) is 4.95. The van der Waals surface area contributed by atoms with E-state index in [1.165, 1.54) is 71.2 Å². The van der Waals surface area contributed by atoms with Crippen molar-refractivity contribution in [2.75, 3.05) is 39.8 Å². The first kappa shape index (κ1) is 16.3. The van der Waals surface area contributed by atoms with E-state index in [-0.39, 0.29) is 24.0 Å². The Morgan fingerprint density at radius 3 is 2.45 bits per heavy atom. The lowest BCUT2D eigenvalue weighted by Crippen LogP contribution is -2.47. The van der Waals surface area contributed by atoms with E-state index in [1.54, 1.807) is 0 Å². The molecule has 2 heterocycles. The molecule has 0 aromatic rings. The van der Waals surface area contributed by atoms with Gasteiger partial charge in [-0.15, -0.1) is 24.0 Å². The van der Waals surface area contributed by atoms with Crippen molar-refractivity contribution < 1.29 is 0 Å². The van der Waals surface area contributed by atoms with Gasteiger partial charge in [-0.2, -0.15) is 0 Å². The quantitative estimate of drug-likeness (QED) is 0.454. The molecule has 1 saturated carbocycles. The first-order valence-corrected chi connectivity index (χ1v) is 8.06. The minimum Gasteiger partial charge on any atom is -0.354 e. The maximum atomic E-state index is 4.48. The molecule has 0 amide bonds. The van der Waals surface area contributed by atoms with Crippen LogP contribution < -0.4 is 5.32 Å². The van der Waals surface area contributed by atoms with Gasteiger partial charge in [-0.3, -0.25) is 4.99 Å². The van der Waals surface area contributed by atoms with Gasteiger partial charge in [-0.1, -0.05) is 0 Å². The zero-order valence-corrected chi connectivity index (χ0v) is 15.0. The zero-order valence-electron chi connectivity index (χ0n) is 12.7. The number of nitrogens with zero attached hydrogens (tertiary/aromatic N) is 3. The Morgan fingerprint density at radius 1 is 1.10 bits per heavy atom. The van der Waals surface area contributed by atoms with Crippen LogP contribution in [0.1, 0.15) is 38.5 Å². The second kappa shape index (κ2) is 7.82. The van der Waals surface area contributed by atoms with E-state index in [0.29, 0.717) is 6.04 Å². The van der Waals surface area contributed by atoms with Gasteiger partial charge >= 0.3 is 0 Å². The van der Waals surface area contributed by atoms with Crippen LogP contribution in [-0.4, -0.2) is 61.6 Å². The van der Waals surface area contributed by atoms with Crippen molar-refractivity contribution in [3.63, 3.8) is 0 Å². The average Bonchev–Trinajstić information content (AvgIpc) is 3.00. The zero-order chi connectivity index (χ0) is 13.1. The van der Waals surface area contributed by atoms with Gasteiger partial charge in [0.15, 0.2) is 5.96 Å². The van der Waals surface area contributed by atoms with Crippen LogP contribution in [-0.2, 0) is 0 Å². The minimum absolute atomic E-state index is 0. The Labute approximate surface area is 140 Å². The molecule has 3 fully saturated rings. The van der Waals surface area contributed by atoms with Crippen LogP contribution in [0.5, 0.6) is 0 Å². The van der Waals surface area contributed by atoms with E-state index >= 15 is 0 Å². The molecule has 2 aliphatic heterocycles. The molecule has 4 nitrogen and oxygen atoms in total. The molecule has 1 aliphatic carbocycles. The number of halogens is 1. The number of hydrogen-bond donors (Lipinski definition) is 1. The number of nitrogens with one attached hydrogen (secondary N) is 1. The highest BCUT2D eigenvalue weighted by atomic mass is 127. The standard InChI is InChI=1S/C15H28N4.HI/c1-16-15(17-14-5-4-6-14)19-10-7-13(12-19)11-18-8-2-3-9-18;/h13-14H,2-12H2,1H3,(H,16,17);1H. The lowest BCUT2D eigenvalue weighted by atomic mass is 9.93. The lowest BCUT2D eigenvalue weighted by molar-refractivity contribution is 0.280. The molecule has 3 rings (SSSR count). The molecule has 0 aromatic carbocycles. The van der Waals surface area contributed by atoms with Gasteiger partial charge in [0.25, 0.3) is 0 Å². The van der Waals surface area contributed by atoms with Crippen molar-refractivity contribution in [3.8, 4) is 0 Å². The van der Waals surface area contributed by atoms with Crippen molar-refractivity contribution in [2.24, 2.45) is 10.9 Å². The summed E-state index contributed by atoms with van der Waals surface area (Å²) in [5, 5.41) is 3.62. The molecule has 3 aliphatic rings. The highest BCUT2D eigenvalue weighted by molar-refractivity contribution is 14.0. The summed E-state index contributed by atoms with van der Waals surface area (Å²) in [6.07, 6.45) is 8.17. The van der Waals surface area contributed by atoms with Gasteiger partial charge in [-0.05, 0) is 57.5 Å². The molecule has 2 saturated heterocycles. The summed E-state index contributed by atoms with van der Waals surface area (Å²) in [6.45, 7) is 6.34. The van der Waals surface area contributed by atoms with Crippen molar-refractivity contribution in [3.05, 3.63) is 0 Å². The predicted octanol–water partition coefficient (Wildman–Crippen LogP) is 2.15. The summed E-state index contributed by atoms with van der Waals surface area (Å²) >= 11 is 0. The monoisotopic (exact) mass is 392 g/mol. The second-order valence-electron chi connectivity index (χ2n) is 6.43. The molecule has 1 N–H and O–H groups in total. The van der Waals surface area contributed by atoms with Crippen LogP contribution in [0.15, 0.2) is 4.99 Å². The molecule has 5 heteroatoms. The summed E-state index contributed by atoms with van der Waals surface area (Å²) in [7, 11) is 1.93. The molecule has 0 bridgehead atoms. The van der Waals surface area contributed by atoms with Crippen LogP contribution in [0.4, 0.5) is 0 Å². The highest BCUT2D eigenvalue weighted by Gasteiger charge is 2.29. The second-order valence-corrected chi connectivity index (χ2v) is 6.43. The van der Waals surface area contributed by atoms with Crippen LogP contribution in [0, 0.1) is 5.92 Å². The number of rotatable bonds is 3. The number of guanidine groups is 1. The van der Waals surface area contributed by atoms with Gasteiger partial charge in [-0.25, -0.2) is 0 Å². The number of likely N-dealkylation sites (tertiary alicyclic amines) is 2. The molecule has 1 atom stereocenters. The summed E-state index contributed by atoms with van der Waals surface area (Å²) in [4.78, 5) is 9.60. The van der Waals surface area contributed by atoms with Gasteiger partial charge in [0.2, 0.25) is 0 Å². The minimum atomic E-state index is 0. The van der Waals surface area contributed by atoms with Gasteiger partial charge in [0.1, 0.15) is 0 Å². The van der Waals surface area contributed by atoms with E-state index < -0.39 is 0 Å². The molecule has 1 unspecified atom stereocenters. The topological polar surface area (TPSA) is 30.9 Å². The maximum absolute atomic E-state index is 4.48. The third kappa shape index (κ3) is 4.00. The summed E-state index contributed by atoms with van der Waals surface area (Å²) < 4.78 is 0. The fraction of sp³-hybridized carbons (Fsp3) is 0.933. The van der Waals surface area contributed by atoms with Crippen molar-refractivity contribution in [2.45, 2.75) is 44.6 Å². The lowest BCUT2D eigenvalue weighted by Gasteiger charge is -2.31. The SMILES string of the molecule is CN=C(NC1CCC1)N1CCC(CN2CCCC2)C1.I. The molecular formula is C15H29IN4. The normalized spacial score (nSPS) is 28.4. The smallest absolute Gasteiger partial charge is 0.193 e.